The molecule has 0 spiro atoms. The molecule has 4 nitrogen and oxygen atoms in total. The molecule has 1 atom stereocenters. The van der Waals surface area contributed by atoms with Crippen LogP contribution < -0.4 is 9.64 Å². The van der Waals surface area contributed by atoms with Crippen LogP contribution in [0.2, 0.25) is 0 Å². The van der Waals surface area contributed by atoms with Gasteiger partial charge in [0.15, 0.2) is 6.10 Å². The highest BCUT2D eigenvalue weighted by Crippen LogP contribution is 2.24. The third kappa shape index (κ3) is 4.26. The van der Waals surface area contributed by atoms with Crippen molar-refractivity contribution in [1.82, 2.24) is 4.90 Å². The van der Waals surface area contributed by atoms with Gasteiger partial charge < -0.3 is 14.5 Å². The maximum absolute atomic E-state index is 12.8. The lowest BCUT2D eigenvalue weighted by molar-refractivity contribution is -0.138. The molecule has 1 amide bonds. The molecule has 0 aliphatic carbocycles. The topological polar surface area (TPSA) is 32.8 Å². The first-order chi connectivity index (χ1) is 12.9. The largest absolute Gasteiger partial charge is 0.481 e. The van der Waals surface area contributed by atoms with Crippen molar-refractivity contribution in [3.05, 3.63) is 58.7 Å². The van der Waals surface area contributed by atoms with Crippen LogP contribution in [0.5, 0.6) is 5.75 Å². The summed E-state index contributed by atoms with van der Waals surface area (Å²) >= 11 is 0. The van der Waals surface area contributed by atoms with E-state index in [1.54, 1.807) is 0 Å². The number of aryl methyl sites for hydroxylation is 3. The van der Waals surface area contributed by atoms with Crippen LogP contribution in [0.4, 0.5) is 5.69 Å². The molecule has 0 unspecified atom stereocenters. The molecular formula is C23H30N2O2. The highest BCUT2D eigenvalue weighted by Gasteiger charge is 2.26. The Hall–Kier alpha value is -2.49. The Kier molecular flexibility index (Phi) is 5.73. The molecule has 1 aliphatic heterocycles. The van der Waals surface area contributed by atoms with Crippen LogP contribution in [0.25, 0.3) is 0 Å². The normalized spacial score (nSPS) is 15.6. The summed E-state index contributed by atoms with van der Waals surface area (Å²) in [4.78, 5) is 17.1. The van der Waals surface area contributed by atoms with Gasteiger partial charge in [-0.05, 0) is 75.1 Å². The zero-order chi connectivity index (χ0) is 19.6. The van der Waals surface area contributed by atoms with Crippen molar-refractivity contribution in [2.24, 2.45) is 0 Å². The number of carbonyl (C=O) groups excluding carboxylic acids is 1. The number of amides is 1. The molecular weight excluding hydrogens is 336 g/mol. The van der Waals surface area contributed by atoms with Gasteiger partial charge in [-0.2, -0.15) is 0 Å². The zero-order valence-electron chi connectivity index (χ0n) is 17.1. The van der Waals surface area contributed by atoms with Gasteiger partial charge in [0.2, 0.25) is 0 Å². The van der Waals surface area contributed by atoms with Gasteiger partial charge in [-0.1, -0.05) is 18.2 Å². The van der Waals surface area contributed by atoms with Gasteiger partial charge in [-0.15, -0.1) is 0 Å². The molecule has 0 aromatic heterocycles. The van der Waals surface area contributed by atoms with Gasteiger partial charge >= 0.3 is 0 Å². The molecule has 1 aliphatic rings. The maximum Gasteiger partial charge on any atom is 0.263 e. The molecule has 1 saturated heterocycles. The average molecular weight is 367 g/mol. The second-order valence-corrected chi connectivity index (χ2v) is 7.54. The fraction of sp³-hybridized carbons (Fsp3) is 0.435. The van der Waals surface area contributed by atoms with Crippen LogP contribution in [0.3, 0.4) is 0 Å². The Labute approximate surface area is 162 Å². The molecule has 2 aromatic rings. The molecule has 1 fully saturated rings. The second-order valence-electron chi connectivity index (χ2n) is 7.54. The van der Waals surface area contributed by atoms with Gasteiger partial charge in [-0.3, -0.25) is 4.79 Å². The quantitative estimate of drug-likeness (QED) is 0.819. The lowest BCUT2D eigenvalue weighted by atomic mass is 10.1. The number of piperazine rings is 1. The highest BCUT2D eigenvalue weighted by atomic mass is 16.5. The third-order valence-electron chi connectivity index (χ3n) is 5.65. The third-order valence-corrected chi connectivity index (χ3v) is 5.65. The summed E-state index contributed by atoms with van der Waals surface area (Å²) in [5.74, 6) is 0.821. The fourth-order valence-electron chi connectivity index (χ4n) is 3.54. The van der Waals surface area contributed by atoms with E-state index in [2.05, 4.69) is 50.8 Å². The monoisotopic (exact) mass is 366 g/mol. The first kappa shape index (κ1) is 19.3. The summed E-state index contributed by atoms with van der Waals surface area (Å²) in [7, 11) is 0. The zero-order valence-corrected chi connectivity index (χ0v) is 17.1. The van der Waals surface area contributed by atoms with Crippen LogP contribution >= 0.6 is 0 Å². The number of ether oxygens (including phenoxy) is 1. The van der Waals surface area contributed by atoms with Gasteiger partial charge in [0.1, 0.15) is 5.75 Å². The molecule has 4 heteroatoms. The van der Waals surface area contributed by atoms with Crippen molar-refractivity contribution in [3.8, 4) is 5.75 Å². The van der Waals surface area contributed by atoms with Gasteiger partial charge in [0.05, 0.1) is 0 Å². The summed E-state index contributed by atoms with van der Waals surface area (Å²) in [6.07, 6.45) is -0.473. The van der Waals surface area contributed by atoms with E-state index in [1.807, 2.05) is 30.0 Å². The van der Waals surface area contributed by atoms with Crippen molar-refractivity contribution in [2.75, 3.05) is 31.1 Å². The summed E-state index contributed by atoms with van der Waals surface area (Å²) in [6.45, 7) is 13.4. The molecule has 1 heterocycles. The Balaban J connectivity index is 1.59. The Morgan fingerprint density at radius 3 is 2.30 bits per heavy atom. The summed E-state index contributed by atoms with van der Waals surface area (Å²) in [6, 6.07) is 12.4. The van der Waals surface area contributed by atoms with Crippen LogP contribution in [-0.4, -0.2) is 43.1 Å². The van der Waals surface area contributed by atoms with E-state index in [0.717, 1.165) is 31.9 Å². The smallest absolute Gasteiger partial charge is 0.263 e. The summed E-state index contributed by atoms with van der Waals surface area (Å²) in [5.41, 5.74) is 6.31. The van der Waals surface area contributed by atoms with E-state index in [0.29, 0.717) is 0 Å². The number of rotatable bonds is 4. The van der Waals surface area contributed by atoms with Gasteiger partial charge in [-0.25, -0.2) is 0 Å². The molecule has 144 valence electrons. The molecule has 27 heavy (non-hydrogen) atoms. The first-order valence-corrected chi connectivity index (χ1v) is 9.70. The molecule has 2 aromatic carbocycles. The number of anilines is 1. The Morgan fingerprint density at radius 2 is 1.63 bits per heavy atom. The van der Waals surface area contributed by atoms with Crippen LogP contribution in [0.1, 0.15) is 29.2 Å². The number of hydrogen-bond donors (Lipinski definition) is 0. The van der Waals surface area contributed by atoms with E-state index >= 15 is 0 Å². The number of carbonyl (C=O) groups is 1. The Morgan fingerprint density at radius 1 is 0.926 bits per heavy atom. The van der Waals surface area contributed by atoms with E-state index in [-0.39, 0.29) is 5.91 Å². The lowest BCUT2D eigenvalue weighted by Crippen LogP contribution is -2.52. The van der Waals surface area contributed by atoms with Crippen molar-refractivity contribution < 1.29 is 9.53 Å². The van der Waals surface area contributed by atoms with Crippen LogP contribution in [-0.2, 0) is 4.79 Å². The average Bonchev–Trinajstić information content (AvgIpc) is 2.66. The lowest BCUT2D eigenvalue weighted by Gasteiger charge is -2.38. The number of benzene rings is 2. The van der Waals surface area contributed by atoms with E-state index in [1.165, 1.54) is 27.9 Å². The minimum Gasteiger partial charge on any atom is -0.481 e. The highest BCUT2D eigenvalue weighted by molar-refractivity contribution is 5.81. The second kappa shape index (κ2) is 8.03. The summed E-state index contributed by atoms with van der Waals surface area (Å²) < 4.78 is 5.91. The SMILES string of the molecule is Cc1ccc(O[C@H](C)C(=O)N2CCN(c3cccc(C)c3C)CC2)cc1C. The van der Waals surface area contributed by atoms with Gasteiger partial charge in [0, 0.05) is 31.9 Å². The molecule has 0 N–H and O–H groups in total. The van der Waals surface area contributed by atoms with Crippen molar-refractivity contribution in [1.29, 1.82) is 0 Å². The predicted molar refractivity (Wildman–Crippen MR) is 111 cm³/mol. The minimum absolute atomic E-state index is 0.0637. The molecule has 0 radical (unpaired) electrons. The number of nitrogens with zero attached hydrogens (tertiary/aromatic N) is 2. The van der Waals surface area contributed by atoms with E-state index in [4.69, 9.17) is 4.74 Å². The number of hydrogen-bond acceptors (Lipinski definition) is 3. The van der Waals surface area contributed by atoms with Crippen LogP contribution in [0, 0.1) is 27.7 Å². The van der Waals surface area contributed by atoms with Crippen molar-refractivity contribution in [3.63, 3.8) is 0 Å². The van der Waals surface area contributed by atoms with Crippen molar-refractivity contribution in [2.45, 2.75) is 40.7 Å². The first-order valence-electron chi connectivity index (χ1n) is 9.70. The Bertz CT molecular complexity index is 823. The predicted octanol–water partition coefficient (Wildman–Crippen LogP) is 4.04. The maximum atomic E-state index is 12.8. The van der Waals surface area contributed by atoms with Crippen LogP contribution in [0.15, 0.2) is 36.4 Å². The molecule has 3 rings (SSSR count). The standard InChI is InChI=1S/C23H30N2O2/c1-16-9-10-21(15-18(16)3)27-20(5)23(26)25-13-11-24(12-14-25)22-8-6-7-17(2)19(22)4/h6-10,15,20H,11-14H2,1-5H3/t20-/m1/s1. The fourth-order valence-corrected chi connectivity index (χ4v) is 3.54. The molecule has 0 saturated carbocycles. The van der Waals surface area contributed by atoms with E-state index in [9.17, 15) is 4.79 Å². The summed E-state index contributed by atoms with van der Waals surface area (Å²) in [5, 5.41) is 0. The van der Waals surface area contributed by atoms with Crippen molar-refractivity contribution >= 4 is 11.6 Å². The molecule has 0 bridgehead atoms. The minimum atomic E-state index is -0.473. The van der Waals surface area contributed by atoms with E-state index < -0.39 is 6.10 Å². The van der Waals surface area contributed by atoms with Gasteiger partial charge in [0.25, 0.3) is 5.91 Å².